The zero-order valence-corrected chi connectivity index (χ0v) is 12.8. The first-order valence-corrected chi connectivity index (χ1v) is 7.63. The number of ether oxygens (including phenoxy) is 1. The Hall–Kier alpha value is -1.50. The average molecular weight is 310 g/mol. The Bertz CT molecular complexity index is 504. The van der Waals surface area contributed by atoms with Crippen LogP contribution in [0.25, 0.3) is 0 Å². The summed E-state index contributed by atoms with van der Waals surface area (Å²) < 4.78 is 19.0. The summed E-state index contributed by atoms with van der Waals surface area (Å²) >= 11 is 0. The number of benzene rings is 1. The fraction of sp³-hybridized carbons (Fsp3) is 0.562. The smallest absolute Gasteiger partial charge is 0.245 e. The van der Waals surface area contributed by atoms with Crippen LogP contribution in [0.5, 0.6) is 0 Å². The number of nitrogens with zero attached hydrogens (tertiary/aromatic N) is 1. The topological polar surface area (TPSA) is 61.8 Å². The van der Waals surface area contributed by atoms with Crippen LogP contribution in [0, 0.1) is 5.82 Å². The van der Waals surface area contributed by atoms with E-state index in [-0.39, 0.29) is 18.3 Å². The molecular formula is C16H23FN2O3. The summed E-state index contributed by atoms with van der Waals surface area (Å²) in [5.74, 6) is -0.518. The summed E-state index contributed by atoms with van der Waals surface area (Å²) in [7, 11) is 0. The molecular weight excluding hydrogens is 287 g/mol. The highest BCUT2D eigenvalue weighted by molar-refractivity contribution is 5.88. The van der Waals surface area contributed by atoms with E-state index in [0.29, 0.717) is 44.7 Å². The van der Waals surface area contributed by atoms with Gasteiger partial charge in [0.05, 0.1) is 12.0 Å². The van der Waals surface area contributed by atoms with Gasteiger partial charge in [0.15, 0.2) is 0 Å². The molecule has 1 saturated heterocycles. The number of nitrogens with one attached hydrogen (secondary N) is 1. The first kappa shape index (κ1) is 16.9. The second kappa shape index (κ2) is 7.67. The van der Waals surface area contributed by atoms with Crippen molar-refractivity contribution in [2.45, 2.75) is 25.2 Å². The van der Waals surface area contributed by atoms with Gasteiger partial charge in [0.1, 0.15) is 5.82 Å². The molecule has 1 aromatic carbocycles. The number of likely N-dealkylation sites (N-methyl/N-ethyl adjacent to an activating group) is 1. The van der Waals surface area contributed by atoms with Crippen molar-refractivity contribution in [3.05, 3.63) is 35.6 Å². The molecule has 0 bridgehead atoms. The van der Waals surface area contributed by atoms with Crippen LogP contribution >= 0.6 is 0 Å². The number of amides is 1. The molecule has 0 unspecified atom stereocenters. The molecule has 1 aromatic rings. The minimum atomic E-state index is -0.788. The van der Waals surface area contributed by atoms with Crippen LogP contribution in [-0.2, 0) is 14.9 Å². The molecule has 0 aliphatic carbocycles. The van der Waals surface area contributed by atoms with Gasteiger partial charge in [-0.1, -0.05) is 19.1 Å². The van der Waals surface area contributed by atoms with Gasteiger partial charge >= 0.3 is 0 Å². The molecule has 1 aliphatic rings. The van der Waals surface area contributed by atoms with E-state index in [9.17, 15) is 9.18 Å². The number of hydrogen-bond acceptors (Lipinski definition) is 4. The van der Waals surface area contributed by atoms with E-state index in [1.165, 1.54) is 12.1 Å². The Morgan fingerprint density at radius 1 is 1.45 bits per heavy atom. The summed E-state index contributed by atoms with van der Waals surface area (Å²) in [4.78, 5) is 12.9. The summed E-state index contributed by atoms with van der Waals surface area (Å²) in [5, 5.41) is 10.7. The largest absolute Gasteiger partial charge is 0.395 e. The Morgan fingerprint density at radius 2 is 2.18 bits per heavy atom. The van der Waals surface area contributed by atoms with Crippen molar-refractivity contribution in [1.29, 1.82) is 0 Å². The maximum atomic E-state index is 13.6. The highest BCUT2D eigenvalue weighted by Crippen LogP contribution is 2.35. The van der Waals surface area contributed by atoms with Crippen molar-refractivity contribution in [2.75, 3.05) is 32.9 Å². The monoisotopic (exact) mass is 310 g/mol. The van der Waals surface area contributed by atoms with Crippen molar-refractivity contribution in [3.8, 4) is 0 Å². The summed E-state index contributed by atoms with van der Waals surface area (Å²) in [5.41, 5.74) is 2.74. The van der Waals surface area contributed by atoms with Crippen LogP contribution < -0.4 is 5.43 Å². The molecule has 2 rings (SSSR count). The first-order valence-electron chi connectivity index (χ1n) is 7.63. The fourth-order valence-electron chi connectivity index (χ4n) is 2.82. The quantitative estimate of drug-likeness (QED) is 0.776. The maximum Gasteiger partial charge on any atom is 0.245 e. The van der Waals surface area contributed by atoms with Gasteiger partial charge in [0, 0.05) is 26.3 Å². The van der Waals surface area contributed by atoms with Crippen molar-refractivity contribution in [1.82, 2.24) is 10.4 Å². The van der Waals surface area contributed by atoms with Crippen LogP contribution in [0.4, 0.5) is 4.39 Å². The van der Waals surface area contributed by atoms with Crippen LogP contribution in [-0.4, -0.2) is 48.9 Å². The van der Waals surface area contributed by atoms with Crippen LogP contribution in [0.1, 0.15) is 25.3 Å². The van der Waals surface area contributed by atoms with Gasteiger partial charge in [0.25, 0.3) is 0 Å². The average Bonchev–Trinajstić information content (AvgIpc) is 2.55. The lowest BCUT2D eigenvalue weighted by Gasteiger charge is -2.37. The third-order valence-corrected chi connectivity index (χ3v) is 4.17. The third-order valence-electron chi connectivity index (χ3n) is 4.17. The lowest BCUT2D eigenvalue weighted by atomic mass is 9.73. The SMILES string of the molecule is CCN(CCO)NC(=O)C1(c2cccc(F)c2)CCOCC1. The fourth-order valence-corrected chi connectivity index (χ4v) is 2.82. The predicted octanol–water partition coefficient (Wildman–Crippen LogP) is 1.22. The Kier molecular flexibility index (Phi) is 5.88. The normalized spacial score (nSPS) is 17.5. The third kappa shape index (κ3) is 3.63. The molecule has 22 heavy (non-hydrogen) atoms. The van der Waals surface area contributed by atoms with Crippen LogP contribution in [0.2, 0.25) is 0 Å². The van der Waals surface area contributed by atoms with E-state index in [2.05, 4.69) is 5.43 Å². The van der Waals surface area contributed by atoms with Gasteiger partial charge in [-0.05, 0) is 30.5 Å². The Labute approximate surface area is 130 Å². The highest BCUT2D eigenvalue weighted by atomic mass is 19.1. The molecule has 5 nitrogen and oxygen atoms in total. The molecule has 0 aromatic heterocycles. The number of carbonyl (C=O) groups is 1. The van der Waals surface area contributed by atoms with Gasteiger partial charge in [-0.3, -0.25) is 10.2 Å². The zero-order chi connectivity index (χ0) is 16.0. The Morgan fingerprint density at radius 3 is 2.77 bits per heavy atom. The summed E-state index contributed by atoms with van der Waals surface area (Å²) in [6.07, 6.45) is 1.03. The maximum absolute atomic E-state index is 13.6. The lowest BCUT2D eigenvalue weighted by molar-refractivity contribution is -0.135. The van der Waals surface area contributed by atoms with Gasteiger partial charge in [0.2, 0.25) is 5.91 Å². The van der Waals surface area contributed by atoms with Crippen LogP contribution in [0.15, 0.2) is 24.3 Å². The van der Waals surface area contributed by atoms with E-state index in [4.69, 9.17) is 9.84 Å². The number of carbonyl (C=O) groups excluding carboxylic acids is 1. The molecule has 1 aliphatic heterocycles. The minimum Gasteiger partial charge on any atom is -0.395 e. The second-order valence-corrected chi connectivity index (χ2v) is 5.45. The van der Waals surface area contributed by atoms with E-state index >= 15 is 0 Å². The van der Waals surface area contributed by atoms with E-state index in [0.717, 1.165) is 0 Å². The van der Waals surface area contributed by atoms with E-state index < -0.39 is 5.41 Å². The molecule has 6 heteroatoms. The lowest BCUT2D eigenvalue weighted by Crippen LogP contribution is -2.54. The van der Waals surface area contributed by atoms with Gasteiger partial charge in [-0.2, -0.15) is 0 Å². The predicted molar refractivity (Wildman–Crippen MR) is 80.6 cm³/mol. The summed E-state index contributed by atoms with van der Waals surface area (Å²) in [6.45, 7) is 3.74. The molecule has 1 amide bonds. The molecule has 2 N–H and O–H groups in total. The Balaban J connectivity index is 2.27. The number of hydrazine groups is 1. The molecule has 1 heterocycles. The number of aliphatic hydroxyl groups excluding tert-OH is 1. The molecule has 0 radical (unpaired) electrons. The molecule has 0 spiro atoms. The number of rotatable bonds is 6. The number of hydrogen-bond donors (Lipinski definition) is 2. The molecule has 1 fully saturated rings. The molecule has 0 atom stereocenters. The van der Waals surface area contributed by atoms with Crippen molar-refractivity contribution < 1.29 is 19.0 Å². The van der Waals surface area contributed by atoms with Gasteiger partial charge in [-0.25, -0.2) is 9.40 Å². The number of halogens is 1. The number of aliphatic hydroxyl groups is 1. The molecule has 0 saturated carbocycles. The first-order chi connectivity index (χ1) is 10.6. The van der Waals surface area contributed by atoms with Gasteiger partial charge in [-0.15, -0.1) is 0 Å². The van der Waals surface area contributed by atoms with Gasteiger partial charge < -0.3 is 9.84 Å². The van der Waals surface area contributed by atoms with Crippen molar-refractivity contribution in [2.24, 2.45) is 0 Å². The van der Waals surface area contributed by atoms with Crippen LogP contribution in [0.3, 0.4) is 0 Å². The van der Waals surface area contributed by atoms with E-state index in [1.807, 2.05) is 6.92 Å². The van der Waals surface area contributed by atoms with Crippen molar-refractivity contribution in [3.63, 3.8) is 0 Å². The van der Waals surface area contributed by atoms with Crippen molar-refractivity contribution >= 4 is 5.91 Å². The molecule has 122 valence electrons. The summed E-state index contributed by atoms with van der Waals surface area (Å²) in [6, 6.07) is 6.21. The minimum absolute atomic E-state index is 0.0375. The zero-order valence-electron chi connectivity index (χ0n) is 12.8. The highest BCUT2D eigenvalue weighted by Gasteiger charge is 2.42. The standard InChI is InChI=1S/C16H23FN2O3/c1-2-19(8-9-20)18-15(21)16(6-10-22-11-7-16)13-4-3-5-14(17)12-13/h3-5,12,20H,2,6-11H2,1H3,(H,18,21). The second-order valence-electron chi connectivity index (χ2n) is 5.45. The van der Waals surface area contributed by atoms with E-state index in [1.54, 1.807) is 17.1 Å².